The molecule has 1 N–H and O–H groups in total. The zero-order valence-electron chi connectivity index (χ0n) is 15.7. The van der Waals surface area contributed by atoms with Gasteiger partial charge in [0.1, 0.15) is 11.6 Å². The summed E-state index contributed by atoms with van der Waals surface area (Å²) in [4.78, 5) is 40.4. The number of nitrogens with one attached hydrogen (secondary N) is 1. The van der Waals surface area contributed by atoms with Crippen LogP contribution in [0.15, 0.2) is 36.4 Å². The van der Waals surface area contributed by atoms with Gasteiger partial charge >= 0.3 is 0 Å². The fraction of sp³-hybridized carbons (Fsp3) is 0.348. The van der Waals surface area contributed by atoms with Crippen molar-refractivity contribution in [1.29, 1.82) is 0 Å². The third-order valence-electron chi connectivity index (χ3n) is 6.70. The van der Waals surface area contributed by atoms with E-state index in [0.29, 0.717) is 41.9 Å². The first kappa shape index (κ1) is 21.8. The number of carbonyl (C=O) groups is 3. The predicted molar refractivity (Wildman–Crippen MR) is 117 cm³/mol. The summed E-state index contributed by atoms with van der Waals surface area (Å²) in [5.74, 6) is -2.83. The molecule has 0 unspecified atom stereocenters. The number of halogens is 3. The Balaban J connectivity index is 0.00000231. The van der Waals surface area contributed by atoms with E-state index in [1.54, 1.807) is 30.3 Å². The standard InChI is InChI=1S/C22H17Cl2FN2O3.CH4/c23-11-7-8-13-15(9-11)26-21(30)22(13)19(12-3-1-4-14(24)20(12)25)18-16(27(22)10-28)5-2-6-17(18)29;/h1,3-4,7-10,16,18-19H,2,5-6H2,(H,26,30);1H4/t16-,18-,19-,22+;/m0./s1. The number of ketones is 1. The molecular formula is C23H21Cl2FN2O3. The van der Waals surface area contributed by atoms with Gasteiger partial charge in [0.05, 0.1) is 5.02 Å². The number of carbonyl (C=O) groups excluding carboxylic acids is 3. The monoisotopic (exact) mass is 462 g/mol. The Morgan fingerprint density at radius 2 is 1.97 bits per heavy atom. The van der Waals surface area contributed by atoms with E-state index >= 15 is 4.39 Å². The van der Waals surface area contributed by atoms with Crippen molar-refractivity contribution in [2.75, 3.05) is 5.32 Å². The molecule has 0 bridgehead atoms. The molecule has 31 heavy (non-hydrogen) atoms. The quantitative estimate of drug-likeness (QED) is 0.644. The number of amides is 2. The Morgan fingerprint density at radius 3 is 2.71 bits per heavy atom. The van der Waals surface area contributed by atoms with Crippen molar-refractivity contribution in [3.05, 3.63) is 63.4 Å². The number of fused-ring (bicyclic) bond motifs is 3. The van der Waals surface area contributed by atoms with E-state index in [1.165, 1.54) is 11.0 Å². The minimum Gasteiger partial charge on any atom is -0.323 e. The molecule has 4 atom stereocenters. The molecule has 2 aliphatic heterocycles. The first-order valence-electron chi connectivity index (χ1n) is 9.73. The van der Waals surface area contributed by atoms with Crippen LogP contribution in [0.3, 0.4) is 0 Å². The first-order valence-corrected chi connectivity index (χ1v) is 10.5. The number of likely N-dealkylation sites (tertiary alicyclic amines) is 1. The zero-order valence-corrected chi connectivity index (χ0v) is 17.2. The highest BCUT2D eigenvalue weighted by Crippen LogP contribution is 2.61. The number of Topliss-reactive ketones (excluding diaryl/α,β-unsaturated/α-hetero) is 1. The van der Waals surface area contributed by atoms with Gasteiger partial charge in [0, 0.05) is 40.6 Å². The van der Waals surface area contributed by atoms with Crippen molar-refractivity contribution in [2.45, 2.75) is 44.2 Å². The first-order chi connectivity index (χ1) is 14.4. The van der Waals surface area contributed by atoms with Crippen molar-refractivity contribution in [1.82, 2.24) is 4.90 Å². The molecule has 8 heteroatoms. The van der Waals surface area contributed by atoms with Crippen LogP contribution in [0.5, 0.6) is 0 Å². The highest BCUT2D eigenvalue weighted by atomic mass is 35.5. The van der Waals surface area contributed by atoms with Crippen molar-refractivity contribution in [3.63, 3.8) is 0 Å². The molecule has 1 aliphatic carbocycles. The van der Waals surface area contributed by atoms with E-state index in [-0.39, 0.29) is 23.8 Å². The van der Waals surface area contributed by atoms with Gasteiger partial charge in [-0.05, 0) is 36.6 Å². The molecule has 1 saturated heterocycles. The fourth-order valence-electron chi connectivity index (χ4n) is 5.65. The summed E-state index contributed by atoms with van der Waals surface area (Å²) in [7, 11) is 0. The summed E-state index contributed by atoms with van der Waals surface area (Å²) in [6.07, 6.45) is 2.12. The summed E-state index contributed by atoms with van der Waals surface area (Å²) >= 11 is 12.2. The Hall–Kier alpha value is -2.44. The highest BCUT2D eigenvalue weighted by molar-refractivity contribution is 6.31. The van der Waals surface area contributed by atoms with Gasteiger partial charge in [-0.1, -0.05) is 48.8 Å². The molecule has 1 spiro atoms. The Morgan fingerprint density at radius 1 is 1.19 bits per heavy atom. The topological polar surface area (TPSA) is 66.5 Å². The Labute approximate surface area is 189 Å². The second kappa shape index (κ2) is 7.61. The Kier molecular flexibility index (Phi) is 5.34. The highest BCUT2D eigenvalue weighted by Gasteiger charge is 2.68. The summed E-state index contributed by atoms with van der Waals surface area (Å²) in [6, 6.07) is 8.95. The SMILES string of the molecule is C.O=CN1[C@H]2CCCC(=O)[C@H]2[C@H](c2cccc(Cl)c2F)[C@]12C(=O)Nc1cc(Cl)ccc12. The number of benzene rings is 2. The van der Waals surface area contributed by atoms with Crippen molar-refractivity contribution in [3.8, 4) is 0 Å². The summed E-state index contributed by atoms with van der Waals surface area (Å²) in [5, 5.41) is 3.12. The molecule has 2 amide bonds. The second-order valence-electron chi connectivity index (χ2n) is 8.00. The summed E-state index contributed by atoms with van der Waals surface area (Å²) in [5.41, 5.74) is -0.425. The molecular weight excluding hydrogens is 442 g/mol. The summed E-state index contributed by atoms with van der Waals surface area (Å²) in [6.45, 7) is 0. The molecule has 5 nitrogen and oxygen atoms in total. The van der Waals surface area contributed by atoms with E-state index in [0.717, 1.165) is 0 Å². The number of nitrogens with zero attached hydrogens (tertiary/aromatic N) is 1. The third kappa shape index (κ3) is 2.77. The molecule has 3 aliphatic rings. The molecule has 5 rings (SSSR count). The molecule has 2 aromatic rings. The Bertz CT molecular complexity index is 1110. The van der Waals surface area contributed by atoms with E-state index in [9.17, 15) is 14.4 Å². The van der Waals surface area contributed by atoms with E-state index in [4.69, 9.17) is 23.2 Å². The molecule has 2 heterocycles. The molecule has 162 valence electrons. The van der Waals surface area contributed by atoms with Crippen LogP contribution in [0.4, 0.5) is 10.1 Å². The van der Waals surface area contributed by atoms with Crippen LogP contribution in [0.1, 0.15) is 43.7 Å². The van der Waals surface area contributed by atoms with E-state index in [2.05, 4.69) is 5.32 Å². The maximum atomic E-state index is 15.3. The third-order valence-corrected chi connectivity index (χ3v) is 7.23. The van der Waals surface area contributed by atoms with Crippen LogP contribution in [0, 0.1) is 11.7 Å². The lowest BCUT2D eigenvalue weighted by molar-refractivity contribution is -0.137. The largest absolute Gasteiger partial charge is 0.323 e. The van der Waals surface area contributed by atoms with Crippen LogP contribution in [-0.4, -0.2) is 29.0 Å². The van der Waals surface area contributed by atoms with Gasteiger partial charge in [-0.2, -0.15) is 0 Å². The maximum absolute atomic E-state index is 15.3. The van der Waals surface area contributed by atoms with Crippen LogP contribution in [-0.2, 0) is 19.9 Å². The van der Waals surface area contributed by atoms with Crippen LogP contribution >= 0.6 is 23.2 Å². The molecule has 0 radical (unpaired) electrons. The van der Waals surface area contributed by atoms with E-state index in [1.807, 2.05) is 0 Å². The van der Waals surface area contributed by atoms with Gasteiger partial charge < -0.3 is 10.2 Å². The molecule has 0 aromatic heterocycles. The maximum Gasteiger partial charge on any atom is 0.255 e. The summed E-state index contributed by atoms with van der Waals surface area (Å²) < 4.78 is 15.3. The van der Waals surface area contributed by atoms with Gasteiger partial charge in [0.15, 0.2) is 5.54 Å². The fourth-order valence-corrected chi connectivity index (χ4v) is 6.00. The number of hydrogen-bond donors (Lipinski definition) is 1. The van der Waals surface area contributed by atoms with Crippen LogP contribution < -0.4 is 5.32 Å². The number of rotatable bonds is 2. The lowest BCUT2D eigenvalue weighted by atomic mass is 9.68. The lowest BCUT2D eigenvalue weighted by Crippen LogP contribution is -2.51. The molecule has 2 aromatic carbocycles. The average Bonchev–Trinajstić information content (AvgIpc) is 3.17. The van der Waals surface area contributed by atoms with Crippen molar-refractivity contribution >= 4 is 47.0 Å². The van der Waals surface area contributed by atoms with Gasteiger partial charge in [-0.25, -0.2) is 4.39 Å². The van der Waals surface area contributed by atoms with Gasteiger partial charge in [0.25, 0.3) is 5.91 Å². The van der Waals surface area contributed by atoms with Crippen molar-refractivity contribution < 1.29 is 18.8 Å². The number of hydrogen-bond acceptors (Lipinski definition) is 3. The van der Waals surface area contributed by atoms with Gasteiger partial charge in [-0.15, -0.1) is 0 Å². The second-order valence-corrected chi connectivity index (χ2v) is 8.84. The van der Waals surface area contributed by atoms with Crippen LogP contribution in [0.2, 0.25) is 10.0 Å². The lowest BCUT2D eigenvalue weighted by Gasteiger charge is -2.37. The van der Waals surface area contributed by atoms with Crippen molar-refractivity contribution in [2.24, 2.45) is 5.92 Å². The average molecular weight is 463 g/mol. The normalized spacial score (nSPS) is 28.7. The minimum atomic E-state index is -1.55. The van der Waals surface area contributed by atoms with Crippen LogP contribution in [0.25, 0.3) is 0 Å². The molecule has 1 saturated carbocycles. The molecule has 2 fully saturated rings. The minimum absolute atomic E-state index is 0. The number of anilines is 1. The van der Waals surface area contributed by atoms with Gasteiger partial charge in [-0.3, -0.25) is 14.4 Å². The predicted octanol–water partition coefficient (Wildman–Crippen LogP) is 4.91. The van der Waals surface area contributed by atoms with E-state index < -0.39 is 35.1 Å². The smallest absolute Gasteiger partial charge is 0.255 e. The zero-order chi connectivity index (χ0) is 21.2. The van der Waals surface area contributed by atoms with Gasteiger partial charge in [0.2, 0.25) is 6.41 Å².